The second-order valence-corrected chi connectivity index (χ2v) is 8.29. The van der Waals surface area contributed by atoms with Crippen molar-refractivity contribution in [1.82, 2.24) is 0 Å². The van der Waals surface area contributed by atoms with E-state index >= 15 is 0 Å². The van der Waals surface area contributed by atoms with Gasteiger partial charge in [-0.2, -0.15) is 0 Å². The molecule has 0 bridgehead atoms. The standard InChI is InChI=1S/C24H30O4/c1-2-16(14-19-10-6-7-13-27-19)21-15-20(25)23(24(26)28-21)22(18-11-12-18)17-8-4-3-5-9-17/h3-5,8-9,15-16,18-19,22,25H,2,6-7,10-14H2,1H3. The summed E-state index contributed by atoms with van der Waals surface area (Å²) in [6.07, 6.45) is 7.44. The normalized spacial score (nSPS) is 22.0. The Morgan fingerprint density at radius 2 is 1.93 bits per heavy atom. The molecule has 1 aromatic carbocycles. The molecule has 1 saturated heterocycles. The number of hydrogen-bond donors (Lipinski definition) is 1. The fourth-order valence-corrected chi connectivity index (χ4v) is 4.56. The highest BCUT2D eigenvalue weighted by Crippen LogP contribution is 2.47. The van der Waals surface area contributed by atoms with Crippen LogP contribution in [0.1, 0.15) is 80.6 Å². The van der Waals surface area contributed by atoms with E-state index in [1.165, 1.54) is 6.42 Å². The largest absolute Gasteiger partial charge is 0.507 e. The summed E-state index contributed by atoms with van der Waals surface area (Å²) in [5.74, 6) is 1.07. The van der Waals surface area contributed by atoms with Crippen LogP contribution < -0.4 is 5.63 Å². The summed E-state index contributed by atoms with van der Waals surface area (Å²) in [4.78, 5) is 13.0. The molecule has 28 heavy (non-hydrogen) atoms. The van der Waals surface area contributed by atoms with Crippen LogP contribution in [0, 0.1) is 5.92 Å². The van der Waals surface area contributed by atoms with Crippen molar-refractivity contribution in [1.29, 1.82) is 0 Å². The van der Waals surface area contributed by atoms with Gasteiger partial charge in [0.2, 0.25) is 0 Å². The summed E-state index contributed by atoms with van der Waals surface area (Å²) < 4.78 is 11.7. The van der Waals surface area contributed by atoms with Crippen molar-refractivity contribution < 1.29 is 14.3 Å². The predicted octanol–water partition coefficient (Wildman–Crippen LogP) is 5.34. The van der Waals surface area contributed by atoms with Crippen molar-refractivity contribution in [3.05, 3.63) is 63.7 Å². The summed E-state index contributed by atoms with van der Waals surface area (Å²) in [5.41, 5.74) is 1.10. The molecule has 1 saturated carbocycles. The second-order valence-electron chi connectivity index (χ2n) is 8.29. The van der Waals surface area contributed by atoms with Gasteiger partial charge < -0.3 is 14.3 Å². The molecule has 2 aromatic rings. The van der Waals surface area contributed by atoms with Crippen molar-refractivity contribution in [2.75, 3.05) is 6.61 Å². The molecule has 3 unspecified atom stereocenters. The van der Waals surface area contributed by atoms with Gasteiger partial charge in [-0.3, -0.25) is 0 Å². The average Bonchev–Trinajstić information content (AvgIpc) is 3.55. The van der Waals surface area contributed by atoms with Crippen molar-refractivity contribution in [2.24, 2.45) is 5.92 Å². The van der Waals surface area contributed by atoms with Crippen molar-refractivity contribution in [3.8, 4) is 5.75 Å². The van der Waals surface area contributed by atoms with Crippen LogP contribution in [0.3, 0.4) is 0 Å². The number of benzene rings is 1. The maximum atomic E-state index is 13.0. The summed E-state index contributed by atoms with van der Waals surface area (Å²) in [5, 5.41) is 10.8. The Morgan fingerprint density at radius 1 is 1.14 bits per heavy atom. The topological polar surface area (TPSA) is 59.7 Å². The lowest BCUT2D eigenvalue weighted by molar-refractivity contribution is 0.00542. The van der Waals surface area contributed by atoms with E-state index in [0.717, 1.165) is 50.7 Å². The Balaban J connectivity index is 1.63. The van der Waals surface area contributed by atoms with Crippen molar-refractivity contribution in [2.45, 2.75) is 69.8 Å². The van der Waals surface area contributed by atoms with E-state index in [1.54, 1.807) is 6.07 Å². The summed E-state index contributed by atoms with van der Waals surface area (Å²) in [6, 6.07) is 11.7. The minimum atomic E-state index is -0.390. The second kappa shape index (κ2) is 8.52. The Morgan fingerprint density at radius 3 is 2.54 bits per heavy atom. The van der Waals surface area contributed by atoms with Gasteiger partial charge in [0.05, 0.1) is 11.7 Å². The third-order valence-electron chi connectivity index (χ3n) is 6.27. The molecule has 0 spiro atoms. The first kappa shape index (κ1) is 19.3. The highest BCUT2D eigenvalue weighted by Gasteiger charge is 2.37. The van der Waals surface area contributed by atoms with E-state index in [9.17, 15) is 9.90 Å². The smallest absolute Gasteiger partial charge is 0.343 e. The first-order valence-electron chi connectivity index (χ1n) is 10.7. The minimum absolute atomic E-state index is 0.0787. The van der Waals surface area contributed by atoms with E-state index in [0.29, 0.717) is 17.2 Å². The predicted molar refractivity (Wildman–Crippen MR) is 109 cm³/mol. The monoisotopic (exact) mass is 382 g/mol. The van der Waals surface area contributed by atoms with Crippen molar-refractivity contribution >= 4 is 0 Å². The number of aromatic hydroxyl groups is 1. The van der Waals surface area contributed by atoms with Gasteiger partial charge in [-0.15, -0.1) is 0 Å². The first-order chi connectivity index (χ1) is 13.7. The molecule has 0 amide bonds. The van der Waals surface area contributed by atoms with Crippen LogP contribution >= 0.6 is 0 Å². The third-order valence-corrected chi connectivity index (χ3v) is 6.27. The molecule has 1 N–H and O–H groups in total. The van der Waals surface area contributed by atoms with E-state index in [-0.39, 0.29) is 23.7 Å². The maximum Gasteiger partial charge on any atom is 0.343 e. The van der Waals surface area contributed by atoms with Crippen LogP contribution in [0.4, 0.5) is 0 Å². The van der Waals surface area contributed by atoms with Gasteiger partial charge in [-0.25, -0.2) is 4.79 Å². The average molecular weight is 383 g/mol. The molecular formula is C24H30O4. The molecule has 4 heteroatoms. The Labute approximate surface area is 166 Å². The fourth-order valence-electron chi connectivity index (χ4n) is 4.56. The summed E-state index contributed by atoms with van der Waals surface area (Å²) >= 11 is 0. The molecule has 1 aromatic heterocycles. The quantitative estimate of drug-likeness (QED) is 0.702. The lowest BCUT2D eigenvalue weighted by Crippen LogP contribution is -2.22. The van der Waals surface area contributed by atoms with Crippen LogP contribution in [0.25, 0.3) is 0 Å². The van der Waals surface area contributed by atoms with Crippen LogP contribution in [0.2, 0.25) is 0 Å². The van der Waals surface area contributed by atoms with Gasteiger partial charge in [-0.05, 0) is 56.4 Å². The zero-order valence-electron chi connectivity index (χ0n) is 16.6. The molecule has 1 aliphatic heterocycles. The van der Waals surface area contributed by atoms with Gasteiger partial charge in [0, 0.05) is 24.5 Å². The summed E-state index contributed by atoms with van der Waals surface area (Å²) in [7, 11) is 0. The SMILES string of the molecule is CCC(CC1CCCCO1)c1cc(O)c(C(c2ccccc2)C2CC2)c(=O)o1. The van der Waals surface area contributed by atoms with Gasteiger partial charge in [0.25, 0.3) is 0 Å². The molecular weight excluding hydrogens is 352 g/mol. The third kappa shape index (κ3) is 4.17. The minimum Gasteiger partial charge on any atom is -0.507 e. The van der Waals surface area contributed by atoms with E-state index < -0.39 is 5.63 Å². The molecule has 1 aliphatic carbocycles. The van der Waals surface area contributed by atoms with E-state index in [2.05, 4.69) is 6.92 Å². The van der Waals surface area contributed by atoms with E-state index in [1.807, 2.05) is 30.3 Å². The van der Waals surface area contributed by atoms with Gasteiger partial charge in [-0.1, -0.05) is 37.3 Å². The van der Waals surface area contributed by atoms with Crippen LogP contribution in [-0.2, 0) is 4.74 Å². The van der Waals surface area contributed by atoms with Crippen LogP contribution in [0.15, 0.2) is 45.6 Å². The highest BCUT2D eigenvalue weighted by molar-refractivity contribution is 5.41. The first-order valence-corrected chi connectivity index (χ1v) is 10.7. The maximum absolute atomic E-state index is 13.0. The van der Waals surface area contributed by atoms with Crippen LogP contribution in [-0.4, -0.2) is 17.8 Å². The number of rotatable bonds is 7. The Hall–Kier alpha value is -2.07. The molecule has 3 atom stereocenters. The molecule has 4 rings (SSSR count). The lowest BCUT2D eigenvalue weighted by atomic mass is 9.86. The molecule has 150 valence electrons. The molecule has 2 aliphatic rings. The lowest BCUT2D eigenvalue weighted by Gasteiger charge is -2.26. The number of hydrogen-bond acceptors (Lipinski definition) is 4. The van der Waals surface area contributed by atoms with Crippen LogP contribution in [0.5, 0.6) is 5.75 Å². The van der Waals surface area contributed by atoms with Gasteiger partial charge in [0.1, 0.15) is 11.5 Å². The van der Waals surface area contributed by atoms with Gasteiger partial charge >= 0.3 is 5.63 Å². The number of ether oxygens (including phenoxy) is 1. The highest BCUT2D eigenvalue weighted by atomic mass is 16.5. The van der Waals surface area contributed by atoms with Crippen molar-refractivity contribution in [3.63, 3.8) is 0 Å². The molecule has 2 heterocycles. The zero-order chi connectivity index (χ0) is 19.5. The zero-order valence-corrected chi connectivity index (χ0v) is 16.6. The Bertz CT molecular complexity index is 831. The Kier molecular flexibility index (Phi) is 5.86. The molecule has 2 fully saturated rings. The fraction of sp³-hybridized carbons (Fsp3) is 0.542. The van der Waals surface area contributed by atoms with E-state index in [4.69, 9.17) is 9.15 Å². The summed E-state index contributed by atoms with van der Waals surface area (Å²) in [6.45, 7) is 2.91. The molecule has 0 radical (unpaired) electrons. The van der Waals surface area contributed by atoms with Gasteiger partial charge in [0.15, 0.2) is 0 Å². The molecule has 4 nitrogen and oxygen atoms in total.